The predicted octanol–water partition coefficient (Wildman–Crippen LogP) is 6.81. The Balaban J connectivity index is 2.17. The molecular weight excluding hydrogens is 332 g/mol. The lowest BCUT2D eigenvalue weighted by atomic mass is 9.89. The van der Waals surface area contributed by atoms with E-state index in [0.717, 1.165) is 17.9 Å². The summed E-state index contributed by atoms with van der Waals surface area (Å²) in [6.07, 6.45) is 3.45. The summed E-state index contributed by atoms with van der Waals surface area (Å²) >= 11 is 0. The highest BCUT2D eigenvalue weighted by molar-refractivity contribution is 6.20. The lowest BCUT2D eigenvalue weighted by Crippen LogP contribution is -1.94. The van der Waals surface area contributed by atoms with E-state index in [4.69, 9.17) is 9.47 Å². The maximum absolute atomic E-state index is 5.53. The molecule has 4 aromatic carbocycles. The minimum absolute atomic E-state index is 0.905. The van der Waals surface area contributed by atoms with Crippen molar-refractivity contribution in [3.63, 3.8) is 0 Å². The van der Waals surface area contributed by atoms with Crippen molar-refractivity contribution in [1.82, 2.24) is 0 Å². The van der Waals surface area contributed by atoms with Gasteiger partial charge in [0.2, 0.25) is 0 Å². The smallest absolute Gasteiger partial charge is 0.119 e. The fourth-order valence-corrected chi connectivity index (χ4v) is 4.13. The molecule has 0 saturated heterocycles. The van der Waals surface area contributed by atoms with Gasteiger partial charge in [-0.25, -0.2) is 0 Å². The van der Waals surface area contributed by atoms with Gasteiger partial charge in [-0.2, -0.15) is 0 Å². The van der Waals surface area contributed by atoms with Crippen LogP contribution in [0.1, 0.15) is 30.9 Å². The summed E-state index contributed by atoms with van der Waals surface area (Å²) in [5.41, 5.74) is 2.70. The average Bonchev–Trinajstić information content (AvgIpc) is 2.71. The maximum Gasteiger partial charge on any atom is 0.119 e. The van der Waals surface area contributed by atoms with Crippen LogP contribution in [-0.4, -0.2) is 14.2 Å². The highest BCUT2D eigenvalue weighted by Gasteiger charge is 2.13. The number of unbranched alkanes of at least 4 members (excludes halogenated alkanes) is 1. The molecule has 0 fully saturated rings. The van der Waals surface area contributed by atoms with Crippen LogP contribution in [0.5, 0.6) is 11.5 Å². The number of aryl methyl sites for hydroxylation is 2. The van der Waals surface area contributed by atoms with Gasteiger partial charge in [-0.05, 0) is 87.5 Å². The molecular formula is C25H26O2. The molecule has 138 valence electrons. The Labute approximate surface area is 160 Å². The molecule has 0 N–H and O–H groups in total. The average molecular weight is 358 g/mol. The molecule has 4 aromatic rings. The van der Waals surface area contributed by atoms with Gasteiger partial charge in [-0.1, -0.05) is 37.6 Å². The third-order valence-electron chi connectivity index (χ3n) is 5.55. The van der Waals surface area contributed by atoms with E-state index in [9.17, 15) is 0 Å². The summed E-state index contributed by atoms with van der Waals surface area (Å²) in [5, 5.41) is 7.79. The number of methoxy groups -OCH3 is 2. The maximum atomic E-state index is 5.53. The molecule has 27 heavy (non-hydrogen) atoms. The van der Waals surface area contributed by atoms with E-state index in [1.807, 2.05) is 0 Å². The molecule has 0 aliphatic rings. The Morgan fingerprint density at radius 3 is 2.11 bits per heavy atom. The summed E-state index contributed by atoms with van der Waals surface area (Å²) in [7, 11) is 3.46. The number of hydrogen-bond acceptors (Lipinski definition) is 2. The van der Waals surface area contributed by atoms with E-state index >= 15 is 0 Å². The van der Waals surface area contributed by atoms with Crippen LogP contribution in [0.2, 0.25) is 0 Å². The van der Waals surface area contributed by atoms with Crippen LogP contribution in [-0.2, 0) is 6.42 Å². The van der Waals surface area contributed by atoms with Crippen LogP contribution in [0.15, 0.2) is 48.5 Å². The standard InChI is InChI=1S/C25H26O2/c1-5-6-7-17-13-18-14-19(26-3)9-11-22(18)23-12-16(2)21-10-8-20(27-4)15-24(21)25(17)23/h8-15H,5-7H2,1-4H3. The minimum Gasteiger partial charge on any atom is -0.497 e. The highest BCUT2D eigenvalue weighted by atomic mass is 16.5. The van der Waals surface area contributed by atoms with Crippen molar-refractivity contribution < 1.29 is 9.47 Å². The predicted molar refractivity (Wildman–Crippen MR) is 115 cm³/mol. The molecule has 0 unspecified atom stereocenters. The van der Waals surface area contributed by atoms with Crippen LogP contribution in [0.3, 0.4) is 0 Å². The molecule has 2 nitrogen and oxygen atoms in total. The van der Waals surface area contributed by atoms with Gasteiger partial charge in [-0.3, -0.25) is 0 Å². The SMILES string of the molecule is CCCCc1cc2cc(OC)ccc2c2cc(C)c3ccc(OC)cc3c12. The fraction of sp³-hybridized carbons (Fsp3) is 0.280. The largest absolute Gasteiger partial charge is 0.497 e. The molecule has 0 aromatic heterocycles. The second-order valence-corrected chi connectivity index (χ2v) is 7.25. The summed E-state index contributed by atoms with van der Waals surface area (Å²) in [5.74, 6) is 1.81. The topological polar surface area (TPSA) is 18.5 Å². The van der Waals surface area contributed by atoms with Crippen molar-refractivity contribution in [1.29, 1.82) is 0 Å². The lowest BCUT2D eigenvalue weighted by molar-refractivity contribution is 0.415. The fourth-order valence-electron chi connectivity index (χ4n) is 4.13. The first kappa shape index (κ1) is 17.7. The van der Waals surface area contributed by atoms with Gasteiger partial charge in [0.15, 0.2) is 0 Å². The summed E-state index contributed by atoms with van der Waals surface area (Å²) in [6, 6.07) is 17.5. The zero-order chi connectivity index (χ0) is 19.0. The molecule has 0 aliphatic carbocycles. The first-order chi connectivity index (χ1) is 13.2. The van der Waals surface area contributed by atoms with Crippen LogP contribution in [0.25, 0.3) is 32.3 Å². The third kappa shape index (κ3) is 2.99. The number of benzene rings is 4. The summed E-state index contributed by atoms with van der Waals surface area (Å²) in [4.78, 5) is 0. The van der Waals surface area contributed by atoms with E-state index in [-0.39, 0.29) is 0 Å². The van der Waals surface area contributed by atoms with Crippen molar-refractivity contribution in [2.24, 2.45) is 0 Å². The van der Waals surface area contributed by atoms with E-state index in [1.165, 1.54) is 56.3 Å². The van der Waals surface area contributed by atoms with Crippen molar-refractivity contribution in [3.05, 3.63) is 59.7 Å². The van der Waals surface area contributed by atoms with E-state index in [2.05, 4.69) is 62.4 Å². The Hall–Kier alpha value is -2.74. The minimum atomic E-state index is 0.905. The normalized spacial score (nSPS) is 11.4. The first-order valence-corrected chi connectivity index (χ1v) is 9.67. The third-order valence-corrected chi connectivity index (χ3v) is 5.55. The van der Waals surface area contributed by atoms with Gasteiger partial charge in [0.1, 0.15) is 11.5 Å². The van der Waals surface area contributed by atoms with E-state index < -0.39 is 0 Å². The van der Waals surface area contributed by atoms with Crippen LogP contribution < -0.4 is 9.47 Å². The first-order valence-electron chi connectivity index (χ1n) is 9.67. The second kappa shape index (κ2) is 7.11. The number of hydrogen-bond donors (Lipinski definition) is 0. The van der Waals surface area contributed by atoms with Gasteiger partial charge in [0, 0.05) is 0 Å². The zero-order valence-electron chi connectivity index (χ0n) is 16.6. The highest BCUT2D eigenvalue weighted by Crippen LogP contribution is 2.38. The zero-order valence-corrected chi connectivity index (χ0v) is 16.6. The van der Waals surface area contributed by atoms with E-state index in [1.54, 1.807) is 14.2 Å². The van der Waals surface area contributed by atoms with Crippen LogP contribution in [0.4, 0.5) is 0 Å². The molecule has 0 amide bonds. The van der Waals surface area contributed by atoms with Crippen molar-refractivity contribution >= 4 is 32.3 Å². The summed E-state index contributed by atoms with van der Waals surface area (Å²) in [6.45, 7) is 4.44. The van der Waals surface area contributed by atoms with Crippen molar-refractivity contribution in [2.45, 2.75) is 33.1 Å². The monoisotopic (exact) mass is 358 g/mol. The van der Waals surface area contributed by atoms with Crippen LogP contribution >= 0.6 is 0 Å². The van der Waals surface area contributed by atoms with Crippen molar-refractivity contribution in [3.8, 4) is 11.5 Å². The Morgan fingerprint density at radius 1 is 0.741 bits per heavy atom. The molecule has 4 rings (SSSR count). The Morgan fingerprint density at radius 2 is 1.41 bits per heavy atom. The van der Waals surface area contributed by atoms with Gasteiger partial charge < -0.3 is 9.47 Å². The second-order valence-electron chi connectivity index (χ2n) is 7.25. The van der Waals surface area contributed by atoms with Gasteiger partial charge in [0.05, 0.1) is 14.2 Å². The molecule has 0 heterocycles. The number of rotatable bonds is 5. The van der Waals surface area contributed by atoms with Gasteiger partial charge in [-0.15, -0.1) is 0 Å². The number of fused-ring (bicyclic) bond motifs is 5. The Kier molecular flexibility index (Phi) is 4.65. The molecule has 0 spiro atoms. The lowest BCUT2D eigenvalue weighted by Gasteiger charge is -2.16. The van der Waals surface area contributed by atoms with Gasteiger partial charge in [0.25, 0.3) is 0 Å². The van der Waals surface area contributed by atoms with E-state index in [0.29, 0.717) is 0 Å². The molecule has 0 aliphatic heterocycles. The van der Waals surface area contributed by atoms with Gasteiger partial charge >= 0.3 is 0 Å². The number of ether oxygens (including phenoxy) is 2. The van der Waals surface area contributed by atoms with Crippen LogP contribution in [0, 0.1) is 6.92 Å². The molecule has 0 atom stereocenters. The molecule has 0 radical (unpaired) electrons. The quantitative estimate of drug-likeness (QED) is 0.365. The van der Waals surface area contributed by atoms with Crippen molar-refractivity contribution in [2.75, 3.05) is 14.2 Å². The molecule has 0 saturated carbocycles. The summed E-state index contributed by atoms with van der Waals surface area (Å²) < 4.78 is 11.0. The molecule has 2 heteroatoms. The molecule has 0 bridgehead atoms. The Bertz CT molecular complexity index is 1140.